The van der Waals surface area contributed by atoms with E-state index < -0.39 is 0 Å². The highest BCUT2D eigenvalue weighted by Gasteiger charge is 2.14. The van der Waals surface area contributed by atoms with Crippen molar-refractivity contribution in [3.05, 3.63) is 54.1 Å². The molecule has 0 N–H and O–H groups in total. The van der Waals surface area contributed by atoms with Crippen LogP contribution >= 0.6 is 0 Å². The van der Waals surface area contributed by atoms with Crippen molar-refractivity contribution >= 4 is 0 Å². The Hall–Kier alpha value is -1.96. The summed E-state index contributed by atoms with van der Waals surface area (Å²) in [5, 5.41) is 0. The van der Waals surface area contributed by atoms with Gasteiger partial charge in [-0.25, -0.2) is 0 Å². The summed E-state index contributed by atoms with van der Waals surface area (Å²) in [5.74, 6) is 3.30. The van der Waals surface area contributed by atoms with Crippen molar-refractivity contribution in [1.29, 1.82) is 0 Å². The van der Waals surface area contributed by atoms with Crippen LogP contribution < -0.4 is 9.47 Å². The van der Waals surface area contributed by atoms with Crippen LogP contribution in [0.2, 0.25) is 0 Å². The lowest BCUT2D eigenvalue weighted by molar-refractivity contribution is 0.208. The van der Waals surface area contributed by atoms with Gasteiger partial charge in [0.1, 0.15) is 17.2 Å². The zero-order valence-electron chi connectivity index (χ0n) is 13.3. The molecule has 22 heavy (non-hydrogen) atoms. The molecule has 0 radical (unpaired) electrons. The molecule has 1 saturated carbocycles. The number of benzene rings is 2. The summed E-state index contributed by atoms with van der Waals surface area (Å²) >= 11 is 0. The summed E-state index contributed by atoms with van der Waals surface area (Å²) in [6.07, 6.45) is 6.70. The Morgan fingerprint density at radius 1 is 0.864 bits per heavy atom. The van der Waals surface area contributed by atoms with Gasteiger partial charge in [0.05, 0.1) is 6.61 Å². The number of ether oxygens (including phenoxy) is 2. The molecule has 2 aromatic rings. The van der Waals surface area contributed by atoms with Crippen molar-refractivity contribution in [2.24, 2.45) is 5.92 Å². The van der Waals surface area contributed by atoms with Gasteiger partial charge in [0.25, 0.3) is 0 Å². The van der Waals surface area contributed by atoms with Crippen LogP contribution in [0.1, 0.15) is 37.7 Å². The third-order valence-electron chi connectivity index (χ3n) is 4.27. The summed E-state index contributed by atoms with van der Waals surface area (Å²) in [6.45, 7) is 2.90. The summed E-state index contributed by atoms with van der Waals surface area (Å²) in [7, 11) is 0. The highest BCUT2D eigenvalue weighted by Crippen LogP contribution is 2.28. The van der Waals surface area contributed by atoms with E-state index >= 15 is 0 Å². The second kappa shape index (κ2) is 7.35. The van der Waals surface area contributed by atoms with Gasteiger partial charge in [0, 0.05) is 6.07 Å². The maximum Gasteiger partial charge on any atom is 0.131 e. The third kappa shape index (κ3) is 4.27. The van der Waals surface area contributed by atoms with E-state index in [1.807, 2.05) is 36.4 Å². The fourth-order valence-electron chi connectivity index (χ4n) is 2.94. The van der Waals surface area contributed by atoms with Crippen molar-refractivity contribution in [3.8, 4) is 17.2 Å². The SMILES string of the molecule is Cc1ccc(Oc2cccc(OCC3CCCCC3)c2)cc1. The zero-order valence-corrected chi connectivity index (χ0v) is 13.3. The van der Waals surface area contributed by atoms with Gasteiger partial charge in [0.2, 0.25) is 0 Å². The van der Waals surface area contributed by atoms with Crippen LogP contribution in [0.15, 0.2) is 48.5 Å². The van der Waals surface area contributed by atoms with Crippen LogP contribution in [0.25, 0.3) is 0 Å². The Balaban J connectivity index is 1.58. The molecule has 0 bridgehead atoms. The molecule has 3 rings (SSSR count). The average Bonchev–Trinajstić information content (AvgIpc) is 2.57. The number of aryl methyl sites for hydroxylation is 1. The van der Waals surface area contributed by atoms with Crippen LogP contribution in [0.3, 0.4) is 0 Å². The fraction of sp³-hybridized carbons (Fsp3) is 0.400. The van der Waals surface area contributed by atoms with Gasteiger partial charge in [-0.1, -0.05) is 43.0 Å². The Labute approximate surface area is 133 Å². The molecule has 0 saturated heterocycles. The van der Waals surface area contributed by atoms with E-state index in [0.29, 0.717) is 0 Å². The maximum atomic E-state index is 5.96. The lowest BCUT2D eigenvalue weighted by Crippen LogP contribution is -2.15. The van der Waals surface area contributed by atoms with Gasteiger partial charge in [0.15, 0.2) is 0 Å². The first kappa shape index (κ1) is 15.0. The molecule has 116 valence electrons. The Morgan fingerprint density at radius 3 is 2.36 bits per heavy atom. The molecule has 0 spiro atoms. The van der Waals surface area contributed by atoms with Crippen molar-refractivity contribution in [2.45, 2.75) is 39.0 Å². The molecule has 0 aliphatic heterocycles. The second-order valence-corrected chi connectivity index (χ2v) is 6.21. The molecule has 2 nitrogen and oxygen atoms in total. The first-order valence-electron chi connectivity index (χ1n) is 8.27. The molecule has 2 aromatic carbocycles. The quantitative estimate of drug-likeness (QED) is 0.699. The van der Waals surface area contributed by atoms with E-state index in [1.54, 1.807) is 0 Å². The Kier molecular flexibility index (Phi) is 4.99. The van der Waals surface area contributed by atoms with E-state index in [2.05, 4.69) is 19.1 Å². The molecule has 0 atom stereocenters. The number of rotatable bonds is 5. The standard InChI is InChI=1S/C20H24O2/c1-16-10-12-18(13-11-16)22-20-9-5-8-19(14-20)21-15-17-6-3-2-4-7-17/h5,8-14,17H,2-4,6-7,15H2,1H3. The summed E-state index contributed by atoms with van der Waals surface area (Å²) in [5.41, 5.74) is 1.23. The van der Waals surface area contributed by atoms with Crippen LogP contribution in [0, 0.1) is 12.8 Å². The van der Waals surface area contributed by atoms with E-state index in [9.17, 15) is 0 Å². The van der Waals surface area contributed by atoms with Gasteiger partial charge in [-0.05, 0) is 49.9 Å². The van der Waals surface area contributed by atoms with Crippen molar-refractivity contribution in [2.75, 3.05) is 6.61 Å². The summed E-state index contributed by atoms with van der Waals surface area (Å²) in [6, 6.07) is 16.0. The van der Waals surface area contributed by atoms with Crippen LogP contribution in [0.5, 0.6) is 17.2 Å². The van der Waals surface area contributed by atoms with Crippen LogP contribution in [-0.2, 0) is 0 Å². The smallest absolute Gasteiger partial charge is 0.131 e. The van der Waals surface area contributed by atoms with Gasteiger partial charge < -0.3 is 9.47 Å². The minimum absolute atomic E-state index is 0.718. The largest absolute Gasteiger partial charge is 0.493 e. The molecular weight excluding hydrogens is 272 g/mol. The van der Waals surface area contributed by atoms with Crippen molar-refractivity contribution in [3.63, 3.8) is 0 Å². The molecule has 0 amide bonds. The normalized spacial score (nSPS) is 15.5. The average molecular weight is 296 g/mol. The van der Waals surface area contributed by atoms with E-state index in [0.717, 1.165) is 29.8 Å². The topological polar surface area (TPSA) is 18.5 Å². The van der Waals surface area contributed by atoms with Gasteiger partial charge >= 0.3 is 0 Å². The van der Waals surface area contributed by atoms with Gasteiger partial charge in [-0.15, -0.1) is 0 Å². The molecule has 1 aliphatic rings. The molecule has 1 fully saturated rings. The highest BCUT2D eigenvalue weighted by atomic mass is 16.5. The van der Waals surface area contributed by atoms with E-state index in [1.165, 1.54) is 37.7 Å². The molecule has 0 heterocycles. The lowest BCUT2D eigenvalue weighted by atomic mass is 9.90. The number of hydrogen-bond acceptors (Lipinski definition) is 2. The first-order valence-corrected chi connectivity index (χ1v) is 8.27. The molecule has 2 heteroatoms. The highest BCUT2D eigenvalue weighted by molar-refractivity contribution is 5.37. The van der Waals surface area contributed by atoms with Gasteiger partial charge in [-0.2, -0.15) is 0 Å². The zero-order chi connectivity index (χ0) is 15.2. The monoisotopic (exact) mass is 296 g/mol. The molecule has 0 unspecified atom stereocenters. The molecular formula is C20H24O2. The predicted molar refractivity (Wildman–Crippen MR) is 89.8 cm³/mol. The first-order chi connectivity index (χ1) is 10.8. The predicted octanol–water partition coefficient (Wildman–Crippen LogP) is 5.75. The maximum absolute atomic E-state index is 5.96. The Morgan fingerprint density at radius 2 is 1.59 bits per heavy atom. The van der Waals surface area contributed by atoms with E-state index in [4.69, 9.17) is 9.47 Å². The van der Waals surface area contributed by atoms with E-state index in [-0.39, 0.29) is 0 Å². The van der Waals surface area contributed by atoms with Crippen LogP contribution in [0.4, 0.5) is 0 Å². The Bertz CT molecular complexity index is 583. The minimum atomic E-state index is 0.718. The summed E-state index contributed by atoms with van der Waals surface area (Å²) in [4.78, 5) is 0. The molecule has 0 aromatic heterocycles. The van der Waals surface area contributed by atoms with Crippen molar-refractivity contribution < 1.29 is 9.47 Å². The fourth-order valence-corrected chi connectivity index (χ4v) is 2.94. The van der Waals surface area contributed by atoms with Crippen molar-refractivity contribution in [1.82, 2.24) is 0 Å². The lowest BCUT2D eigenvalue weighted by Gasteiger charge is -2.21. The summed E-state index contributed by atoms with van der Waals surface area (Å²) < 4.78 is 11.8. The third-order valence-corrected chi connectivity index (χ3v) is 4.27. The van der Waals surface area contributed by atoms with Gasteiger partial charge in [-0.3, -0.25) is 0 Å². The van der Waals surface area contributed by atoms with Crippen LogP contribution in [-0.4, -0.2) is 6.61 Å². The second-order valence-electron chi connectivity index (χ2n) is 6.21. The molecule has 1 aliphatic carbocycles. The minimum Gasteiger partial charge on any atom is -0.493 e. The number of hydrogen-bond donors (Lipinski definition) is 0.